The molecule has 0 aliphatic heterocycles. The Morgan fingerprint density at radius 2 is 1.68 bits per heavy atom. The molecular weight excluding hydrogens is 468 g/mol. The number of carbonyl (C=O) groups is 3. The topological polar surface area (TPSA) is 111 Å². The zero-order valence-electron chi connectivity index (χ0n) is 24.4. The van der Waals surface area contributed by atoms with Gasteiger partial charge in [0.1, 0.15) is 6.04 Å². The predicted octanol–water partition coefficient (Wildman–Crippen LogP) is 4.40. The van der Waals surface area contributed by atoms with Crippen LogP contribution in [0, 0.1) is 11.3 Å². The molecule has 0 spiro atoms. The first-order valence-electron chi connectivity index (χ1n) is 12.8. The van der Waals surface area contributed by atoms with Crippen molar-refractivity contribution < 1.29 is 19.5 Å². The van der Waals surface area contributed by atoms with Crippen LogP contribution in [0.3, 0.4) is 0 Å². The van der Waals surface area contributed by atoms with Crippen molar-refractivity contribution in [1.82, 2.24) is 15.5 Å². The number of hydrogen-bond donors (Lipinski definition) is 4. The molecule has 0 aliphatic carbocycles. The lowest BCUT2D eigenvalue weighted by Crippen LogP contribution is -2.58. The Morgan fingerprint density at radius 3 is 2.14 bits per heavy atom. The van der Waals surface area contributed by atoms with Gasteiger partial charge in [-0.2, -0.15) is 0 Å². The molecule has 0 aliphatic rings. The highest BCUT2D eigenvalue weighted by atomic mass is 16.4. The molecule has 0 fully saturated rings. The third-order valence-corrected chi connectivity index (χ3v) is 6.19. The van der Waals surface area contributed by atoms with Crippen molar-refractivity contribution in [3.63, 3.8) is 0 Å². The summed E-state index contributed by atoms with van der Waals surface area (Å²) in [4.78, 5) is 38.9. The van der Waals surface area contributed by atoms with E-state index in [0.29, 0.717) is 0 Å². The second kappa shape index (κ2) is 15.9. The molecule has 4 N–H and O–H groups in total. The maximum absolute atomic E-state index is 13.4. The van der Waals surface area contributed by atoms with Gasteiger partial charge in [0.05, 0.1) is 6.04 Å². The predicted molar refractivity (Wildman–Crippen MR) is 153 cm³/mol. The van der Waals surface area contributed by atoms with Crippen molar-refractivity contribution in [1.29, 1.82) is 0 Å². The van der Waals surface area contributed by atoms with E-state index < -0.39 is 23.5 Å². The van der Waals surface area contributed by atoms with Crippen LogP contribution in [-0.2, 0) is 14.4 Å². The van der Waals surface area contributed by atoms with Crippen LogP contribution >= 0.6 is 0 Å². The maximum Gasteiger partial charge on any atom is 0.331 e. The van der Waals surface area contributed by atoms with Gasteiger partial charge < -0.3 is 26.0 Å². The molecule has 0 saturated carbocycles. The summed E-state index contributed by atoms with van der Waals surface area (Å²) in [6.45, 7) is 17.8. The minimum absolute atomic E-state index is 0.134. The van der Waals surface area contributed by atoms with Gasteiger partial charge >= 0.3 is 5.97 Å². The Labute approximate surface area is 223 Å². The first kappa shape index (κ1) is 33.9. The zero-order valence-corrected chi connectivity index (χ0v) is 24.4. The number of anilines is 1. The van der Waals surface area contributed by atoms with Crippen molar-refractivity contribution in [3.8, 4) is 0 Å². The van der Waals surface area contributed by atoms with Crippen LogP contribution < -0.4 is 16.0 Å². The first-order chi connectivity index (χ1) is 17.2. The maximum atomic E-state index is 13.4. The Kier molecular flexibility index (Phi) is 14.5. The molecule has 37 heavy (non-hydrogen) atoms. The van der Waals surface area contributed by atoms with Gasteiger partial charge in [-0.15, -0.1) is 0 Å². The van der Waals surface area contributed by atoms with Gasteiger partial charge in [0.2, 0.25) is 11.8 Å². The molecule has 208 valence electrons. The van der Waals surface area contributed by atoms with Gasteiger partial charge in [-0.25, -0.2) is 4.79 Å². The van der Waals surface area contributed by atoms with Gasteiger partial charge in [0.25, 0.3) is 0 Å². The SMILES string of the molecule is C=C(c1ccccc1NC)C(C)(C)C(NC)C(=O)NC(C(=O)N(C)C/C=C(\C)C(=O)O)C(C)C.CCC. The second-order valence-electron chi connectivity index (χ2n) is 10.1. The lowest BCUT2D eigenvalue weighted by atomic mass is 9.74. The average molecular weight is 517 g/mol. The summed E-state index contributed by atoms with van der Waals surface area (Å²) in [6, 6.07) is 6.35. The van der Waals surface area contributed by atoms with Crippen molar-refractivity contribution >= 4 is 29.0 Å². The van der Waals surface area contributed by atoms with E-state index in [0.717, 1.165) is 16.8 Å². The second-order valence-corrected chi connectivity index (χ2v) is 10.1. The summed E-state index contributed by atoms with van der Waals surface area (Å²) >= 11 is 0. The number of carboxylic acids is 1. The number of benzene rings is 1. The van der Waals surface area contributed by atoms with Gasteiger partial charge in [0.15, 0.2) is 0 Å². The molecule has 2 unspecified atom stereocenters. The fraction of sp³-hybridized carbons (Fsp3) is 0.552. The van der Waals surface area contributed by atoms with Gasteiger partial charge in [0, 0.05) is 42.9 Å². The number of likely N-dealkylation sites (N-methyl/N-ethyl adjacent to an activating group) is 2. The standard InChI is InChI=1S/C26H40N4O4.C3H8/c1-16(2)21(24(32)30(9)15-14-17(3)25(33)34)29-23(31)22(28-8)26(5,6)18(4)19-12-10-11-13-20(19)27-7;1-3-2/h10-14,16,21-22,27-28H,4,15H2,1-3,5-9H3,(H,29,31)(H,33,34);3H2,1-2H3/b17-14+;. The first-order valence-corrected chi connectivity index (χ1v) is 12.8. The summed E-state index contributed by atoms with van der Waals surface area (Å²) in [6.07, 6.45) is 2.72. The van der Waals surface area contributed by atoms with Crippen LogP contribution in [0.4, 0.5) is 5.69 Å². The smallest absolute Gasteiger partial charge is 0.331 e. The number of nitrogens with one attached hydrogen (secondary N) is 3. The number of rotatable bonds is 12. The third kappa shape index (κ3) is 9.69. The number of hydrogen-bond acceptors (Lipinski definition) is 5. The van der Waals surface area contributed by atoms with Crippen molar-refractivity contribution in [2.75, 3.05) is 33.0 Å². The van der Waals surface area contributed by atoms with E-state index in [-0.39, 0.29) is 29.9 Å². The molecule has 2 atom stereocenters. The zero-order chi connectivity index (χ0) is 28.9. The summed E-state index contributed by atoms with van der Waals surface area (Å²) in [7, 11) is 5.14. The van der Waals surface area contributed by atoms with Crippen LogP contribution in [0.2, 0.25) is 0 Å². The number of carboxylic acid groups (broad SMARTS) is 1. The van der Waals surface area contributed by atoms with Crippen molar-refractivity contribution in [2.45, 2.75) is 67.0 Å². The molecule has 0 bridgehead atoms. The monoisotopic (exact) mass is 516 g/mol. The fourth-order valence-corrected chi connectivity index (χ4v) is 3.74. The van der Waals surface area contributed by atoms with Crippen LogP contribution in [0.25, 0.3) is 5.57 Å². The molecule has 1 aromatic carbocycles. The number of nitrogens with zero attached hydrogens (tertiary/aromatic N) is 1. The number of para-hydroxylation sites is 1. The van der Waals surface area contributed by atoms with Crippen LogP contribution in [-0.4, -0.2) is 67.6 Å². The molecule has 1 aromatic rings. The van der Waals surface area contributed by atoms with Crippen molar-refractivity contribution in [3.05, 3.63) is 48.1 Å². The molecule has 0 saturated heterocycles. The Bertz CT molecular complexity index is 953. The van der Waals surface area contributed by atoms with E-state index in [1.54, 1.807) is 14.1 Å². The van der Waals surface area contributed by atoms with E-state index in [1.807, 2.05) is 59.0 Å². The van der Waals surface area contributed by atoms with Crippen molar-refractivity contribution in [2.24, 2.45) is 11.3 Å². The number of carbonyl (C=O) groups excluding carboxylic acids is 2. The van der Waals surface area contributed by atoms with E-state index >= 15 is 0 Å². The minimum Gasteiger partial charge on any atom is -0.478 e. The molecular formula is C29H48N4O4. The highest BCUT2D eigenvalue weighted by molar-refractivity contribution is 5.93. The summed E-state index contributed by atoms with van der Waals surface area (Å²) in [5.41, 5.74) is 2.09. The highest BCUT2D eigenvalue weighted by Gasteiger charge is 2.39. The summed E-state index contributed by atoms with van der Waals surface area (Å²) in [5.74, 6) is -1.80. The number of aliphatic carboxylic acids is 1. The average Bonchev–Trinajstić information content (AvgIpc) is 2.84. The van der Waals surface area contributed by atoms with E-state index in [2.05, 4.69) is 36.4 Å². The lowest BCUT2D eigenvalue weighted by Gasteiger charge is -2.37. The minimum atomic E-state index is -1.03. The third-order valence-electron chi connectivity index (χ3n) is 6.19. The Hall–Kier alpha value is -3.13. The summed E-state index contributed by atoms with van der Waals surface area (Å²) in [5, 5.41) is 18.2. The van der Waals surface area contributed by atoms with E-state index in [1.165, 1.54) is 24.3 Å². The van der Waals surface area contributed by atoms with Crippen LogP contribution in [0.1, 0.15) is 60.5 Å². The lowest BCUT2D eigenvalue weighted by molar-refractivity contribution is -0.137. The van der Waals surface area contributed by atoms with Gasteiger partial charge in [-0.1, -0.05) is 78.8 Å². The van der Waals surface area contributed by atoms with E-state index in [9.17, 15) is 14.4 Å². The van der Waals surface area contributed by atoms with Gasteiger partial charge in [-0.3, -0.25) is 9.59 Å². The summed E-state index contributed by atoms with van der Waals surface area (Å²) < 4.78 is 0. The van der Waals surface area contributed by atoms with Crippen LogP contribution in [0.5, 0.6) is 0 Å². The molecule has 8 heteroatoms. The van der Waals surface area contributed by atoms with E-state index in [4.69, 9.17) is 5.11 Å². The molecule has 2 amide bonds. The Morgan fingerprint density at radius 1 is 1.14 bits per heavy atom. The Balaban J connectivity index is 0.00000410. The molecule has 8 nitrogen and oxygen atoms in total. The normalized spacial score (nSPS) is 13.1. The van der Waals surface area contributed by atoms with Gasteiger partial charge in [-0.05, 0) is 31.5 Å². The molecule has 0 radical (unpaired) electrons. The quantitative estimate of drug-likeness (QED) is 0.307. The largest absolute Gasteiger partial charge is 0.478 e. The molecule has 1 rings (SSSR count). The fourth-order valence-electron chi connectivity index (χ4n) is 3.74. The molecule has 0 heterocycles. The number of amides is 2. The van der Waals surface area contributed by atoms with Crippen LogP contribution in [0.15, 0.2) is 42.5 Å². The molecule has 0 aromatic heterocycles. The highest BCUT2D eigenvalue weighted by Crippen LogP contribution is 2.39.